The Labute approximate surface area is 339 Å². The number of carbonyl (C=O) groups is 2. The number of fused-ring (bicyclic) bond motifs is 3. The van der Waals surface area contributed by atoms with Crippen LogP contribution in [0.4, 0.5) is 0 Å². The quantitative estimate of drug-likeness (QED) is 0.121. The number of aliphatic carboxylic acids is 1. The average molecular weight is 808 g/mol. The van der Waals surface area contributed by atoms with Crippen molar-refractivity contribution in [1.82, 2.24) is 25.5 Å². The van der Waals surface area contributed by atoms with Crippen molar-refractivity contribution in [2.24, 2.45) is 5.92 Å². The zero-order valence-electron chi connectivity index (χ0n) is 31.2. The van der Waals surface area contributed by atoms with Crippen LogP contribution in [0.1, 0.15) is 77.6 Å². The largest absolute Gasteiger partial charge is 0.481 e. The van der Waals surface area contributed by atoms with Crippen LogP contribution in [0.5, 0.6) is 11.8 Å². The topological polar surface area (TPSA) is 163 Å². The maximum atomic E-state index is 11.7. The number of pyridine rings is 1. The first-order chi connectivity index (χ1) is 27.7. The van der Waals surface area contributed by atoms with Crippen molar-refractivity contribution in [3.8, 4) is 40.4 Å². The van der Waals surface area contributed by atoms with Crippen molar-refractivity contribution in [2.45, 2.75) is 69.7 Å². The monoisotopic (exact) mass is 806 g/mol. The highest BCUT2D eigenvalue weighted by molar-refractivity contribution is 6.36. The third-order valence-corrected chi connectivity index (χ3v) is 12.6. The third kappa shape index (κ3) is 6.86. The standard InChI is InChI=1S/C43H40Cl2N6O6/c1-55-40-23(19-47-20-24-8-13-37(52)48-24)16-33(44)42(50-40)56-36-12-10-26-25(4-2-5-28(26)36)29-6-3-7-30(38(29)45)41-49-34-17-31-27(32(18-46)39(34)57-41)9-11-35(31)51-15-14-22(21-51)43(53)54/h2-7,16-17,22,24,35-36,47H,8-15,19-21H2,1H3,(H,48,52)(H,53,54)/t22-,24-,35-,36+/m1/s1. The Morgan fingerprint density at radius 1 is 1.02 bits per heavy atom. The molecule has 2 aromatic heterocycles. The summed E-state index contributed by atoms with van der Waals surface area (Å²) in [6, 6.07) is 18.2. The maximum Gasteiger partial charge on any atom is 0.307 e. The number of nitrogens with zero attached hydrogens (tertiary/aromatic N) is 4. The Morgan fingerprint density at radius 3 is 2.60 bits per heavy atom. The van der Waals surface area contributed by atoms with Gasteiger partial charge >= 0.3 is 5.97 Å². The van der Waals surface area contributed by atoms with Crippen LogP contribution in [-0.2, 0) is 29.0 Å². The molecule has 2 saturated heterocycles. The summed E-state index contributed by atoms with van der Waals surface area (Å²) in [7, 11) is 1.56. The van der Waals surface area contributed by atoms with E-state index in [1.54, 1.807) is 7.11 Å². The second kappa shape index (κ2) is 15.3. The fourth-order valence-corrected chi connectivity index (χ4v) is 9.66. The first-order valence-electron chi connectivity index (χ1n) is 19.3. The van der Waals surface area contributed by atoms with Crippen molar-refractivity contribution in [3.63, 3.8) is 0 Å². The molecule has 0 saturated carbocycles. The van der Waals surface area contributed by atoms with E-state index in [0.717, 1.165) is 58.2 Å². The molecule has 4 aliphatic rings. The zero-order chi connectivity index (χ0) is 39.4. The summed E-state index contributed by atoms with van der Waals surface area (Å²) in [6.07, 6.45) is 4.67. The van der Waals surface area contributed by atoms with Crippen molar-refractivity contribution in [1.29, 1.82) is 5.26 Å². The molecule has 3 N–H and O–H groups in total. The van der Waals surface area contributed by atoms with Crippen LogP contribution in [0.3, 0.4) is 0 Å². The number of hydrogen-bond acceptors (Lipinski definition) is 10. The SMILES string of the molecule is COc1nc(O[C@H]2CCc3c(-c4cccc(-c5nc6cc7c(c(C#N)c6o5)CC[C@H]7N5CC[C@@H](C(=O)O)C5)c4Cl)cccc32)c(Cl)cc1CNC[C@H]1CCC(=O)N1. The Kier molecular flexibility index (Phi) is 10.0. The second-order valence-electron chi connectivity index (χ2n) is 15.2. The molecule has 3 aromatic carbocycles. The molecular weight excluding hydrogens is 767 g/mol. The number of aromatic nitrogens is 2. The minimum absolute atomic E-state index is 0.0372. The third-order valence-electron chi connectivity index (χ3n) is 11.9. The summed E-state index contributed by atoms with van der Waals surface area (Å²) in [5.74, 6) is -0.0305. The molecule has 0 spiro atoms. The lowest BCUT2D eigenvalue weighted by molar-refractivity contribution is -0.141. The first-order valence-corrected chi connectivity index (χ1v) is 20.1. The van der Waals surface area contributed by atoms with Crippen LogP contribution in [-0.4, -0.2) is 64.6 Å². The molecule has 12 nitrogen and oxygen atoms in total. The van der Waals surface area contributed by atoms with Crippen molar-refractivity contribution < 1.29 is 28.6 Å². The van der Waals surface area contributed by atoms with E-state index in [1.165, 1.54) is 0 Å². The number of oxazole rings is 1. The molecule has 0 radical (unpaired) electrons. The highest BCUT2D eigenvalue weighted by Gasteiger charge is 2.38. The zero-order valence-corrected chi connectivity index (χ0v) is 32.8. The highest BCUT2D eigenvalue weighted by atomic mass is 35.5. The molecule has 0 bridgehead atoms. The number of halogens is 2. The fraction of sp³-hybridized carbons (Fsp3) is 0.372. The molecule has 2 aliphatic carbocycles. The van der Waals surface area contributed by atoms with Gasteiger partial charge in [-0.3, -0.25) is 14.5 Å². The lowest BCUT2D eigenvalue weighted by Crippen LogP contribution is -2.35. The number of methoxy groups -OCH3 is 1. The summed E-state index contributed by atoms with van der Waals surface area (Å²) >= 11 is 14.0. The number of carboxylic acids is 1. The lowest BCUT2D eigenvalue weighted by Gasteiger charge is -2.24. The lowest BCUT2D eigenvalue weighted by atomic mass is 9.95. The normalized spacial score (nSPS) is 21.4. The van der Waals surface area contributed by atoms with Gasteiger partial charge in [0.15, 0.2) is 5.58 Å². The molecule has 4 atom stereocenters. The first kappa shape index (κ1) is 37.4. The predicted molar refractivity (Wildman–Crippen MR) is 213 cm³/mol. The van der Waals surface area contributed by atoms with Crippen molar-refractivity contribution in [2.75, 3.05) is 26.7 Å². The number of carbonyl (C=O) groups excluding carboxylic acids is 1. The van der Waals surface area contributed by atoms with Gasteiger partial charge < -0.3 is 29.6 Å². The number of nitriles is 1. The number of ether oxygens (including phenoxy) is 2. The molecular formula is C43H40Cl2N6O6. The molecule has 2 aliphatic heterocycles. The number of likely N-dealkylation sites (tertiary alicyclic amines) is 1. The number of benzene rings is 3. The second-order valence-corrected chi connectivity index (χ2v) is 16.0. The van der Waals surface area contributed by atoms with Gasteiger partial charge in [-0.25, -0.2) is 4.98 Å². The van der Waals surface area contributed by atoms with Crippen LogP contribution < -0.4 is 20.1 Å². The minimum Gasteiger partial charge on any atom is -0.481 e. The van der Waals surface area contributed by atoms with E-state index in [2.05, 4.69) is 38.7 Å². The number of amides is 1. The Hall–Kier alpha value is -5.19. The van der Waals surface area contributed by atoms with E-state index in [0.29, 0.717) is 102 Å². The average Bonchev–Trinajstić information content (AvgIpc) is 4.06. The highest BCUT2D eigenvalue weighted by Crippen LogP contribution is 2.47. The van der Waals surface area contributed by atoms with E-state index in [4.69, 9.17) is 42.1 Å². The van der Waals surface area contributed by atoms with Gasteiger partial charge in [-0.2, -0.15) is 10.2 Å². The molecule has 1 amide bonds. The van der Waals surface area contributed by atoms with Gasteiger partial charge in [-0.1, -0.05) is 53.5 Å². The Balaban J connectivity index is 0.967. The Bertz CT molecular complexity index is 2480. The molecule has 14 heteroatoms. The molecule has 9 rings (SSSR count). The summed E-state index contributed by atoms with van der Waals surface area (Å²) in [5.41, 5.74) is 8.80. The van der Waals surface area contributed by atoms with Crippen molar-refractivity contribution >= 4 is 46.2 Å². The van der Waals surface area contributed by atoms with Gasteiger partial charge in [0.25, 0.3) is 0 Å². The van der Waals surface area contributed by atoms with Crippen LogP contribution in [0, 0.1) is 17.2 Å². The van der Waals surface area contributed by atoms with Crippen LogP contribution in [0.15, 0.2) is 52.9 Å². The summed E-state index contributed by atoms with van der Waals surface area (Å²) in [4.78, 5) is 35.0. The summed E-state index contributed by atoms with van der Waals surface area (Å²) in [5, 5.41) is 27.1. The van der Waals surface area contributed by atoms with Gasteiger partial charge in [-0.15, -0.1) is 0 Å². The van der Waals surface area contributed by atoms with E-state index >= 15 is 0 Å². The van der Waals surface area contributed by atoms with Gasteiger partial charge in [0.2, 0.25) is 23.6 Å². The van der Waals surface area contributed by atoms with Gasteiger partial charge in [0, 0.05) is 49.3 Å². The summed E-state index contributed by atoms with van der Waals surface area (Å²) < 4.78 is 18.5. The molecule has 292 valence electrons. The maximum absolute atomic E-state index is 11.7. The van der Waals surface area contributed by atoms with E-state index in [9.17, 15) is 20.0 Å². The van der Waals surface area contributed by atoms with Crippen LogP contribution >= 0.6 is 23.2 Å². The molecule has 0 unspecified atom stereocenters. The van der Waals surface area contributed by atoms with Crippen molar-refractivity contribution in [3.05, 3.63) is 92.0 Å². The molecule has 57 heavy (non-hydrogen) atoms. The number of hydrogen-bond donors (Lipinski definition) is 3. The minimum atomic E-state index is -0.763. The predicted octanol–water partition coefficient (Wildman–Crippen LogP) is 7.57. The summed E-state index contributed by atoms with van der Waals surface area (Å²) in [6.45, 7) is 2.31. The van der Waals surface area contributed by atoms with Gasteiger partial charge in [-0.05, 0) is 91.1 Å². The van der Waals surface area contributed by atoms with Gasteiger partial charge in [0.05, 0.1) is 23.6 Å². The van der Waals surface area contributed by atoms with E-state index in [1.807, 2.05) is 36.4 Å². The van der Waals surface area contributed by atoms with Crippen LogP contribution in [0.2, 0.25) is 10.0 Å². The van der Waals surface area contributed by atoms with Crippen LogP contribution in [0.25, 0.3) is 33.7 Å². The molecule has 5 aromatic rings. The van der Waals surface area contributed by atoms with E-state index < -0.39 is 5.97 Å². The Morgan fingerprint density at radius 2 is 1.82 bits per heavy atom. The molecule has 4 heterocycles. The van der Waals surface area contributed by atoms with Gasteiger partial charge in [0.1, 0.15) is 28.3 Å². The number of carboxylic acid groups (broad SMARTS) is 1. The van der Waals surface area contributed by atoms with E-state index in [-0.39, 0.29) is 30.0 Å². The number of nitrogens with one attached hydrogen (secondary N) is 2. The number of rotatable bonds is 11. The molecule has 2 fully saturated rings. The smallest absolute Gasteiger partial charge is 0.307 e. The fourth-order valence-electron chi connectivity index (χ4n) is 9.13.